The second kappa shape index (κ2) is 5.93. The maximum absolute atomic E-state index is 12.2. The van der Waals surface area contributed by atoms with Crippen LogP contribution < -0.4 is 5.32 Å². The molecule has 98 valence electrons. The van der Waals surface area contributed by atoms with E-state index in [0.29, 0.717) is 16.1 Å². The van der Waals surface area contributed by atoms with Gasteiger partial charge in [0.15, 0.2) is 0 Å². The van der Waals surface area contributed by atoms with Crippen LogP contribution in [0.25, 0.3) is 0 Å². The average Bonchev–Trinajstić information content (AvgIpc) is 2.39. The molecule has 19 heavy (non-hydrogen) atoms. The van der Waals surface area contributed by atoms with E-state index in [-0.39, 0.29) is 5.91 Å². The van der Waals surface area contributed by atoms with Crippen molar-refractivity contribution in [2.45, 2.75) is 19.8 Å². The molecule has 1 N–H and O–H groups in total. The molecule has 0 aliphatic heterocycles. The van der Waals surface area contributed by atoms with Crippen molar-refractivity contribution in [3.63, 3.8) is 0 Å². The number of rotatable bonds is 3. The summed E-state index contributed by atoms with van der Waals surface area (Å²) in [6.07, 6.45) is 2.91. The lowest BCUT2D eigenvalue weighted by Gasteiger charge is -2.13. The Morgan fingerprint density at radius 3 is 2.74 bits per heavy atom. The molecule has 0 bridgehead atoms. The fourth-order valence-electron chi connectivity index (χ4n) is 1.78. The molecule has 5 heteroatoms. The summed E-state index contributed by atoms with van der Waals surface area (Å²) in [5, 5.41) is 2.89. The fourth-order valence-corrected chi connectivity index (χ4v) is 2.18. The van der Waals surface area contributed by atoms with Gasteiger partial charge in [-0.1, -0.05) is 32.0 Å². The lowest BCUT2D eigenvalue weighted by Crippen LogP contribution is -2.16. The van der Waals surface area contributed by atoms with Crippen LogP contribution in [0.5, 0.6) is 0 Å². The van der Waals surface area contributed by atoms with Crippen LogP contribution in [0.15, 0.2) is 41.3 Å². The number of amides is 1. The zero-order valence-electron chi connectivity index (χ0n) is 10.7. The first-order valence-electron chi connectivity index (χ1n) is 5.95. The Bertz CT molecular complexity index is 599. The van der Waals surface area contributed by atoms with Gasteiger partial charge in [0, 0.05) is 11.9 Å². The minimum absolute atomic E-state index is 0.248. The number of para-hydroxylation sites is 1. The van der Waals surface area contributed by atoms with Gasteiger partial charge in [-0.15, -0.1) is 0 Å². The summed E-state index contributed by atoms with van der Waals surface area (Å²) in [7, 11) is 0. The van der Waals surface area contributed by atoms with E-state index in [1.807, 2.05) is 24.3 Å². The molecule has 1 heterocycles. The highest BCUT2D eigenvalue weighted by atomic mass is 79.9. The van der Waals surface area contributed by atoms with Crippen molar-refractivity contribution < 1.29 is 4.79 Å². The molecule has 0 unspecified atom stereocenters. The predicted octanol–water partition coefficient (Wildman–Crippen LogP) is 3.61. The Balaban J connectivity index is 2.27. The standard InChI is InChI=1S/C14H14BrN3O/c1-9(2)10-5-3-4-6-12(10)18-14(19)13-11(15)7-16-8-17-13/h3-9H,1-2H3,(H,18,19). The number of nitrogens with zero attached hydrogens (tertiary/aromatic N) is 2. The molecular weight excluding hydrogens is 306 g/mol. The van der Waals surface area contributed by atoms with Gasteiger partial charge in [0.05, 0.1) is 4.47 Å². The second-order valence-electron chi connectivity index (χ2n) is 4.42. The molecule has 2 aromatic rings. The van der Waals surface area contributed by atoms with E-state index in [1.165, 1.54) is 6.33 Å². The highest BCUT2D eigenvalue weighted by Gasteiger charge is 2.14. The number of nitrogens with one attached hydrogen (secondary N) is 1. The van der Waals surface area contributed by atoms with Gasteiger partial charge in [-0.25, -0.2) is 9.97 Å². The summed E-state index contributed by atoms with van der Waals surface area (Å²) in [6, 6.07) is 7.76. The lowest BCUT2D eigenvalue weighted by atomic mass is 10.0. The largest absolute Gasteiger partial charge is 0.320 e. The summed E-state index contributed by atoms with van der Waals surface area (Å²) in [4.78, 5) is 20.0. The molecule has 2 rings (SSSR count). The Morgan fingerprint density at radius 1 is 1.32 bits per heavy atom. The summed E-state index contributed by atoms with van der Waals surface area (Å²) in [6.45, 7) is 4.18. The molecular formula is C14H14BrN3O. The Hall–Kier alpha value is -1.75. The van der Waals surface area contributed by atoms with Crippen molar-refractivity contribution in [2.75, 3.05) is 5.32 Å². The van der Waals surface area contributed by atoms with Crippen molar-refractivity contribution in [2.24, 2.45) is 0 Å². The second-order valence-corrected chi connectivity index (χ2v) is 5.27. The maximum atomic E-state index is 12.2. The lowest BCUT2D eigenvalue weighted by molar-refractivity contribution is 0.102. The third-order valence-electron chi connectivity index (χ3n) is 2.71. The molecule has 1 aromatic heterocycles. The SMILES string of the molecule is CC(C)c1ccccc1NC(=O)c1ncncc1Br. The number of carbonyl (C=O) groups is 1. The van der Waals surface area contributed by atoms with Gasteiger partial charge in [0.25, 0.3) is 5.91 Å². The molecule has 1 amide bonds. The summed E-state index contributed by atoms with van der Waals surface area (Å²) in [5.74, 6) is 0.0905. The highest BCUT2D eigenvalue weighted by Crippen LogP contribution is 2.24. The molecule has 0 fully saturated rings. The van der Waals surface area contributed by atoms with Crippen LogP contribution in [-0.4, -0.2) is 15.9 Å². The van der Waals surface area contributed by atoms with Gasteiger partial charge in [0.1, 0.15) is 12.0 Å². The van der Waals surface area contributed by atoms with Gasteiger partial charge in [-0.05, 0) is 33.5 Å². The fraction of sp³-hybridized carbons (Fsp3) is 0.214. The third-order valence-corrected chi connectivity index (χ3v) is 3.29. The first kappa shape index (κ1) is 13.7. The van der Waals surface area contributed by atoms with Gasteiger partial charge >= 0.3 is 0 Å². The molecule has 0 saturated heterocycles. The number of hydrogen-bond donors (Lipinski definition) is 1. The van der Waals surface area contributed by atoms with E-state index in [1.54, 1.807) is 6.20 Å². The Labute approximate surface area is 120 Å². The minimum Gasteiger partial charge on any atom is -0.320 e. The average molecular weight is 320 g/mol. The third kappa shape index (κ3) is 3.17. The van der Waals surface area contributed by atoms with Crippen LogP contribution in [0.2, 0.25) is 0 Å². The molecule has 0 atom stereocenters. The molecule has 0 aliphatic rings. The van der Waals surface area contributed by atoms with Crippen LogP contribution >= 0.6 is 15.9 Å². The predicted molar refractivity (Wildman–Crippen MR) is 78.2 cm³/mol. The molecule has 0 radical (unpaired) electrons. The van der Waals surface area contributed by atoms with E-state index in [0.717, 1.165) is 11.3 Å². The van der Waals surface area contributed by atoms with E-state index in [9.17, 15) is 4.79 Å². The van der Waals surface area contributed by atoms with E-state index in [2.05, 4.69) is 45.1 Å². The smallest absolute Gasteiger partial charge is 0.275 e. The van der Waals surface area contributed by atoms with Gasteiger partial charge in [0.2, 0.25) is 0 Å². The number of hydrogen-bond acceptors (Lipinski definition) is 3. The van der Waals surface area contributed by atoms with Crippen LogP contribution in [0.3, 0.4) is 0 Å². The van der Waals surface area contributed by atoms with Crippen LogP contribution in [0, 0.1) is 0 Å². The molecule has 1 aromatic carbocycles. The van der Waals surface area contributed by atoms with E-state index < -0.39 is 0 Å². The summed E-state index contributed by atoms with van der Waals surface area (Å²) in [5.41, 5.74) is 2.24. The molecule has 0 saturated carbocycles. The zero-order valence-corrected chi connectivity index (χ0v) is 12.3. The number of aromatic nitrogens is 2. The Morgan fingerprint density at radius 2 is 2.05 bits per heavy atom. The van der Waals surface area contributed by atoms with Crippen LogP contribution in [0.1, 0.15) is 35.8 Å². The number of benzene rings is 1. The van der Waals surface area contributed by atoms with Crippen LogP contribution in [0.4, 0.5) is 5.69 Å². The van der Waals surface area contributed by atoms with Crippen molar-refractivity contribution in [3.05, 3.63) is 52.5 Å². The highest BCUT2D eigenvalue weighted by molar-refractivity contribution is 9.10. The van der Waals surface area contributed by atoms with E-state index >= 15 is 0 Å². The van der Waals surface area contributed by atoms with Crippen molar-refractivity contribution in [3.8, 4) is 0 Å². The van der Waals surface area contributed by atoms with Crippen molar-refractivity contribution >= 4 is 27.5 Å². The minimum atomic E-state index is -0.248. The van der Waals surface area contributed by atoms with Crippen molar-refractivity contribution in [1.29, 1.82) is 0 Å². The molecule has 4 nitrogen and oxygen atoms in total. The monoisotopic (exact) mass is 319 g/mol. The summed E-state index contributed by atoms with van der Waals surface area (Å²) >= 11 is 3.27. The van der Waals surface area contributed by atoms with Crippen molar-refractivity contribution in [1.82, 2.24) is 9.97 Å². The zero-order chi connectivity index (χ0) is 13.8. The number of carbonyl (C=O) groups excluding carboxylic acids is 1. The number of halogens is 1. The van der Waals surface area contributed by atoms with Gasteiger partial charge in [-0.2, -0.15) is 0 Å². The normalized spacial score (nSPS) is 10.5. The van der Waals surface area contributed by atoms with Crippen LogP contribution in [-0.2, 0) is 0 Å². The maximum Gasteiger partial charge on any atom is 0.275 e. The quantitative estimate of drug-likeness (QED) is 0.940. The van der Waals surface area contributed by atoms with Gasteiger partial charge in [-0.3, -0.25) is 4.79 Å². The topological polar surface area (TPSA) is 54.9 Å². The number of anilines is 1. The van der Waals surface area contributed by atoms with Gasteiger partial charge < -0.3 is 5.32 Å². The first-order chi connectivity index (χ1) is 9.09. The first-order valence-corrected chi connectivity index (χ1v) is 6.74. The molecule has 0 spiro atoms. The Kier molecular flexibility index (Phi) is 4.27. The van der Waals surface area contributed by atoms with E-state index in [4.69, 9.17) is 0 Å². The summed E-state index contributed by atoms with van der Waals surface area (Å²) < 4.78 is 0.578. The molecule has 0 aliphatic carbocycles.